The van der Waals surface area contributed by atoms with Gasteiger partial charge in [-0.15, -0.1) is 0 Å². The smallest absolute Gasteiger partial charge is 0.115 e. The number of phenolic OH excluding ortho intramolecular Hbond substituents is 1. The monoisotopic (exact) mass is 264 g/mol. The molecule has 0 aromatic heterocycles. The van der Waals surface area contributed by atoms with Gasteiger partial charge >= 0.3 is 0 Å². The maximum absolute atomic E-state index is 9.56. The first kappa shape index (κ1) is 18.0. The summed E-state index contributed by atoms with van der Waals surface area (Å²) in [6.45, 7) is 12.5. The minimum Gasteiger partial charge on any atom is -0.508 e. The van der Waals surface area contributed by atoms with Crippen molar-refractivity contribution in [3.05, 3.63) is 29.3 Å². The Morgan fingerprint density at radius 3 is 2.21 bits per heavy atom. The topological polar surface area (TPSA) is 20.2 Å². The molecular weight excluding hydrogens is 232 g/mol. The van der Waals surface area contributed by atoms with Crippen LogP contribution in [-0.2, 0) is 6.42 Å². The minimum atomic E-state index is 0.420. The van der Waals surface area contributed by atoms with E-state index in [-0.39, 0.29) is 0 Å². The normalized spacial score (nSPS) is 20.3. The van der Waals surface area contributed by atoms with Gasteiger partial charge in [-0.25, -0.2) is 0 Å². The van der Waals surface area contributed by atoms with E-state index in [0.717, 1.165) is 5.92 Å². The standard InChI is InChI=1S/C14H20O.2C2H6/c1-3-10-5-6-11-7-8-12(15)9-14(11)13(10)4-2;2*1-2/h7-10,13,15H,3-6H2,1-2H3;2*1-2H3. The molecule has 2 rings (SSSR count). The van der Waals surface area contributed by atoms with Crippen molar-refractivity contribution in [2.75, 3.05) is 0 Å². The molecule has 0 aliphatic heterocycles. The molecule has 0 heterocycles. The molecule has 0 fully saturated rings. The van der Waals surface area contributed by atoms with Gasteiger partial charge in [0, 0.05) is 0 Å². The number of benzene rings is 1. The lowest BCUT2D eigenvalue weighted by Gasteiger charge is -2.32. The van der Waals surface area contributed by atoms with E-state index >= 15 is 0 Å². The Hall–Kier alpha value is -0.980. The fourth-order valence-corrected chi connectivity index (χ4v) is 2.99. The second-order valence-electron chi connectivity index (χ2n) is 4.60. The predicted octanol–water partition coefficient (Wildman–Crippen LogP) is 5.91. The average molecular weight is 264 g/mol. The largest absolute Gasteiger partial charge is 0.508 e. The van der Waals surface area contributed by atoms with E-state index in [1.54, 1.807) is 0 Å². The molecule has 0 bridgehead atoms. The van der Waals surface area contributed by atoms with Crippen molar-refractivity contribution in [1.82, 2.24) is 0 Å². The molecule has 2 atom stereocenters. The molecule has 1 aromatic rings. The van der Waals surface area contributed by atoms with Gasteiger partial charge in [-0.3, -0.25) is 0 Å². The molecule has 1 nitrogen and oxygen atoms in total. The molecule has 0 spiro atoms. The van der Waals surface area contributed by atoms with Gasteiger partial charge in [0.25, 0.3) is 0 Å². The van der Waals surface area contributed by atoms with Crippen LogP contribution in [-0.4, -0.2) is 5.11 Å². The number of hydrogen-bond acceptors (Lipinski definition) is 1. The lowest BCUT2D eigenvalue weighted by Crippen LogP contribution is -2.19. The first-order valence-electron chi connectivity index (χ1n) is 8.08. The molecule has 1 aliphatic rings. The van der Waals surface area contributed by atoms with Crippen LogP contribution in [0.25, 0.3) is 0 Å². The lowest BCUT2D eigenvalue weighted by molar-refractivity contribution is 0.351. The summed E-state index contributed by atoms with van der Waals surface area (Å²) in [5.74, 6) is 1.89. The van der Waals surface area contributed by atoms with Gasteiger partial charge in [-0.1, -0.05) is 54.0 Å². The van der Waals surface area contributed by atoms with E-state index in [4.69, 9.17) is 0 Å². The van der Waals surface area contributed by atoms with Crippen molar-refractivity contribution in [1.29, 1.82) is 0 Å². The highest BCUT2D eigenvalue weighted by Gasteiger charge is 2.26. The molecule has 19 heavy (non-hydrogen) atoms. The highest BCUT2D eigenvalue weighted by atomic mass is 16.3. The number of phenols is 1. The zero-order valence-corrected chi connectivity index (χ0v) is 13.7. The minimum absolute atomic E-state index is 0.420. The summed E-state index contributed by atoms with van der Waals surface area (Å²) in [7, 11) is 0. The fraction of sp³-hybridized carbons (Fsp3) is 0.667. The first-order valence-corrected chi connectivity index (χ1v) is 8.08. The van der Waals surface area contributed by atoms with E-state index in [9.17, 15) is 5.11 Å². The van der Waals surface area contributed by atoms with Gasteiger partial charge in [-0.05, 0) is 54.4 Å². The quantitative estimate of drug-likeness (QED) is 0.704. The summed E-state index contributed by atoms with van der Waals surface area (Å²) in [5, 5.41) is 9.56. The van der Waals surface area contributed by atoms with Crippen molar-refractivity contribution in [3.8, 4) is 5.75 Å². The summed E-state index contributed by atoms with van der Waals surface area (Å²) >= 11 is 0. The summed E-state index contributed by atoms with van der Waals surface area (Å²) in [6, 6.07) is 5.89. The molecule has 0 radical (unpaired) electrons. The number of rotatable bonds is 2. The van der Waals surface area contributed by atoms with Crippen LogP contribution in [0.2, 0.25) is 0 Å². The molecule has 110 valence electrons. The molecule has 2 unspecified atom stereocenters. The molecular formula is C18H32O. The van der Waals surface area contributed by atoms with E-state index in [1.807, 2.05) is 39.8 Å². The van der Waals surface area contributed by atoms with E-state index in [1.165, 1.54) is 36.8 Å². The summed E-state index contributed by atoms with van der Waals surface area (Å²) in [6.07, 6.45) is 4.94. The van der Waals surface area contributed by atoms with Crippen LogP contribution in [0.3, 0.4) is 0 Å². The van der Waals surface area contributed by atoms with E-state index in [0.29, 0.717) is 11.7 Å². The van der Waals surface area contributed by atoms with Crippen LogP contribution in [0.4, 0.5) is 0 Å². The van der Waals surface area contributed by atoms with Crippen molar-refractivity contribution < 1.29 is 5.11 Å². The summed E-state index contributed by atoms with van der Waals surface area (Å²) < 4.78 is 0. The number of fused-ring (bicyclic) bond motifs is 1. The van der Waals surface area contributed by atoms with Gasteiger partial charge in [0.15, 0.2) is 0 Å². The Morgan fingerprint density at radius 1 is 1.05 bits per heavy atom. The second-order valence-corrected chi connectivity index (χ2v) is 4.60. The third kappa shape index (κ3) is 4.56. The maximum Gasteiger partial charge on any atom is 0.115 e. The second kappa shape index (κ2) is 9.89. The highest BCUT2D eigenvalue weighted by Crippen LogP contribution is 2.41. The molecule has 1 aliphatic carbocycles. The Morgan fingerprint density at radius 2 is 1.68 bits per heavy atom. The Kier molecular flexibility index (Phi) is 9.38. The number of hydrogen-bond donors (Lipinski definition) is 1. The van der Waals surface area contributed by atoms with Crippen molar-refractivity contribution >= 4 is 0 Å². The summed E-state index contributed by atoms with van der Waals surface area (Å²) in [4.78, 5) is 0. The van der Waals surface area contributed by atoms with Crippen molar-refractivity contribution in [3.63, 3.8) is 0 Å². The van der Waals surface area contributed by atoms with Gasteiger partial charge < -0.3 is 5.11 Å². The molecule has 0 amide bonds. The number of aromatic hydroxyl groups is 1. The van der Waals surface area contributed by atoms with Crippen LogP contribution >= 0.6 is 0 Å². The van der Waals surface area contributed by atoms with Gasteiger partial charge in [0.2, 0.25) is 0 Å². The Bertz CT molecular complexity index is 344. The molecule has 1 aromatic carbocycles. The third-order valence-electron chi connectivity index (χ3n) is 3.85. The van der Waals surface area contributed by atoms with E-state index in [2.05, 4.69) is 19.9 Å². The van der Waals surface area contributed by atoms with Crippen molar-refractivity contribution in [2.45, 2.75) is 73.1 Å². The van der Waals surface area contributed by atoms with Crippen LogP contribution in [0, 0.1) is 5.92 Å². The number of aryl methyl sites for hydroxylation is 1. The molecule has 1 N–H and O–H groups in total. The van der Waals surface area contributed by atoms with Crippen molar-refractivity contribution in [2.24, 2.45) is 5.92 Å². The SMILES string of the molecule is CC.CC.CCC1CCc2ccc(O)cc2C1CC. The summed E-state index contributed by atoms with van der Waals surface area (Å²) in [5.41, 5.74) is 2.85. The zero-order chi connectivity index (χ0) is 14.8. The predicted molar refractivity (Wildman–Crippen MR) is 85.9 cm³/mol. The Balaban J connectivity index is 0.000000741. The third-order valence-corrected chi connectivity index (χ3v) is 3.85. The van der Waals surface area contributed by atoms with Crippen LogP contribution < -0.4 is 0 Å². The van der Waals surface area contributed by atoms with E-state index < -0.39 is 0 Å². The highest BCUT2D eigenvalue weighted by molar-refractivity contribution is 5.39. The molecule has 1 heteroatoms. The first-order chi connectivity index (χ1) is 9.26. The fourth-order valence-electron chi connectivity index (χ4n) is 2.99. The van der Waals surface area contributed by atoms with Crippen LogP contribution in [0.1, 0.15) is 77.8 Å². The molecule has 0 saturated heterocycles. The van der Waals surface area contributed by atoms with Crippen LogP contribution in [0.15, 0.2) is 18.2 Å². The lowest BCUT2D eigenvalue weighted by atomic mass is 9.73. The molecule has 0 saturated carbocycles. The Labute approximate surface area is 120 Å². The average Bonchev–Trinajstić information content (AvgIpc) is 2.49. The van der Waals surface area contributed by atoms with Gasteiger partial charge in [0.05, 0.1) is 0 Å². The maximum atomic E-state index is 9.56. The van der Waals surface area contributed by atoms with Gasteiger partial charge in [0.1, 0.15) is 5.75 Å². The van der Waals surface area contributed by atoms with Crippen LogP contribution in [0.5, 0.6) is 5.75 Å². The van der Waals surface area contributed by atoms with Gasteiger partial charge in [-0.2, -0.15) is 0 Å². The zero-order valence-electron chi connectivity index (χ0n) is 13.7.